The van der Waals surface area contributed by atoms with Crippen molar-refractivity contribution in [3.05, 3.63) is 81.4 Å². The summed E-state index contributed by atoms with van der Waals surface area (Å²) in [6.07, 6.45) is 0.865. The lowest BCUT2D eigenvalue weighted by Gasteiger charge is -2.21. The number of rotatable bonds is 5. The van der Waals surface area contributed by atoms with Crippen LogP contribution in [0.4, 0.5) is 23.2 Å². The van der Waals surface area contributed by atoms with Crippen LogP contribution in [0.1, 0.15) is 42.6 Å². The Labute approximate surface area is 209 Å². The zero-order valence-electron chi connectivity index (χ0n) is 20.0. The van der Waals surface area contributed by atoms with Crippen molar-refractivity contribution in [1.29, 1.82) is 0 Å². The molecule has 0 radical (unpaired) electrons. The molecule has 0 amide bonds. The van der Waals surface area contributed by atoms with E-state index in [0.717, 1.165) is 24.5 Å². The third-order valence-corrected chi connectivity index (χ3v) is 6.82. The number of aliphatic imine (C=N–C) groups is 2. The molecular formula is C25H22F4N4O3S. The van der Waals surface area contributed by atoms with Crippen LogP contribution >= 0.6 is 0 Å². The maximum atomic E-state index is 14.6. The molecular weight excluding hydrogens is 512 g/mol. The summed E-state index contributed by atoms with van der Waals surface area (Å²) >= 11 is 0. The van der Waals surface area contributed by atoms with Crippen molar-refractivity contribution in [3.8, 4) is 0 Å². The van der Waals surface area contributed by atoms with Crippen LogP contribution in [0.25, 0.3) is 16.3 Å². The van der Waals surface area contributed by atoms with Gasteiger partial charge in [0.05, 0.1) is 5.39 Å². The standard InChI is InChI=1S/C25H22F4N4O3S/c1-13(32-21-5-4-15(26)8-20(21)23(28)29)17-9-16(27)10-19-18(17)11-22(33(2)24(19)34)14-6-7-30-25(31-12-14)37(3,35)36/h4-5,7-13,23,32H,6H2,1-3H3/t13-/m1/s1. The molecule has 0 fully saturated rings. The fraction of sp³-hybridized carbons (Fsp3) is 0.240. The van der Waals surface area contributed by atoms with Crippen LogP contribution in [0.2, 0.25) is 0 Å². The van der Waals surface area contributed by atoms with Gasteiger partial charge in [0.2, 0.25) is 15.0 Å². The summed E-state index contributed by atoms with van der Waals surface area (Å²) in [5, 5.41) is 2.92. The first-order valence-electron chi connectivity index (χ1n) is 11.0. The van der Waals surface area contributed by atoms with E-state index >= 15 is 0 Å². The molecule has 2 heterocycles. The van der Waals surface area contributed by atoms with E-state index in [1.54, 1.807) is 13.0 Å². The molecule has 12 heteroatoms. The summed E-state index contributed by atoms with van der Waals surface area (Å²) in [5.41, 5.74) is 0.0739. The van der Waals surface area contributed by atoms with Gasteiger partial charge in [-0.05, 0) is 59.8 Å². The highest BCUT2D eigenvalue weighted by atomic mass is 32.2. The van der Waals surface area contributed by atoms with Gasteiger partial charge in [-0.2, -0.15) is 0 Å². The van der Waals surface area contributed by atoms with Gasteiger partial charge in [-0.25, -0.2) is 36.0 Å². The van der Waals surface area contributed by atoms with E-state index in [4.69, 9.17) is 0 Å². The Morgan fingerprint density at radius 2 is 1.73 bits per heavy atom. The van der Waals surface area contributed by atoms with Gasteiger partial charge in [0, 0.05) is 55.1 Å². The molecule has 1 aromatic heterocycles. The van der Waals surface area contributed by atoms with Crippen molar-refractivity contribution < 1.29 is 26.0 Å². The lowest BCUT2D eigenvalue weighted by molar-refractivity contribution is 0.151. The number of pyridine rings is 1. The number of benzene rings is 2. The monoisotopic (exact) mass is 534 g/mol. The van der Waals surface area contributed by atoms with Crippen molar-refractivity contribution in [2.75, 3.05) is 11.6 Å². The number of nitrogens with one attached hydrogen (secondary N) is 1. The number of hydrogen-bond acceptors (Lipinski definition) is 6. The van der Waals surface area contributed by atoms with Crippen LogP contribution < -0.4 is 10.9 Å². The molecule has 194 valence electrons. The van der Waals surface area contributed by atoms with Crippen molar-refractivity contribution in [1.82, 2.24) is 4.57 Å². The SMILES string of the molecule is C[C@@H](Nc1ccc(F)cc1C(F)F)c1cc(F)cc2c(=O)n(C)c(C3=CN=C(S(C)(=O)=O)N=CC3)cc12. The number of hydrogen-bond donors (Lipinski definition) is 1. The number of sulfone groups is 1. The molecule has 0 spiro atoms. The van der Waals surface area contributed by atoms with E-state index in [1.807, 2.05) is 0 Å². The molecule has 1 aliphatic heterocycles. The summed E-state index contributed by atoms with van der Waals surface area (Å²) in [7, 11) is -2.17. The summed E-state index contributed by atoms with van der Waals surface area (Å²) in [6, 6.07) is 6.07. The predicted molar refractivity (Wildman–Crippen MR) is 136 cm³/mol. The lowest BCUT2D eigenvalue weighted by atomic mass is 9.97. The number of nitrogens with zero attached hydrogens (tertiary/aromatic N) is 3. The van der Waals surface area contributed by atoms with Crippen molar-refractivity contribution in [3.63, 3.8) is 0 Å². The van der Waals surface area contributed by atoms with Crippen LogP contribution in [-0.4, -0.2) is 30.6 Å². The Morgan fingerprint density at radius 1 is 1.03 bits per heavy atom. The third-order valence-electron chi connectivity index (χ3n) is 5.95. The van der Waals surface area contributed by atoms with Crippen LogP contribution in [0.5, 0.6) is 0 Å². The molecule has 0 aliphatic carbocycles. The molecule has 3 aromatic rings. The third kappa shape index (κ3) is 5.33. The van der Waals surface area contributed by atoms with Crippen molar-refractivity contribution >= 4 is 43.3 Å². The molecule has 0 bridgehead atoms. The quantitative estimate of drug-likeness (QED) is 0.459. The zero-order valence-corrected chi connectivity index (χ0v) is 20.8. The Hall–Kier alpha value is -3.80. The first-order valence-corrected chi connectivity index (χ1v) is 12.9. The van der Waals surface area contributed by atoms with Gasteiger partial charge in [-0.15, -0.1) is 0 Å². The predicted octanol–water partition coefficient (Wildman–Crippen LogP) is 5.14. The molecule has 0 saturated heterocycles. The zero-order chi connectivity index (χ0) is 27.1. The van der Waals surface area contributed by atoms with Gasteiger partial charge >= 0.3 is 0 Å². The van der Waals surface area contributed by atoms with Crippen molar-refractivity contribution in [2.45, 2.75) is 25.8 Å². The van der Waals surface area contributed by atoms with Crippen LogP contribution in [-0.2, 0) is 16.9 Å². The van der Waals surface area contributed by atoms with E-state index in [2.05, 4.69) is 15.3 Å². The van der Waals surface area contributed by atoms with E-state index in [9.17, 15) is 30.8 Å². The van der Waals surface area contributed by atoms with E-state index in [1.165, 1.54) is 36.2 Å². The molecule has 1 N–H and O–H groups in total. The number of allylic oxidation sites excluding steroid dienone is 1. The van der Waals surface area contributed by atoms with E-state index in [-0.39, 0.29) is 22.7 Å². The van der Waals surface area contributed by atoms with Gasteiger partial charge < -0.3 is 9.88 Å². The van der Waals surface area contributed by atoms with Gasteiger partial charge in [0.15, 0.2) is 0 Å². The van der Waals surface area contributed by atoms with Crippen LogP contribution in [0.3, 0.4) is 0 Å². The fourth-order valence-corrected chi connectivity index (χ4v) is 4.64. The smallest absolute Gasteiger partial charge is 0.265 e. The largest absolute Gasteiger partial charge is 0.378 e. The molecule has 37 heavy (non-hydrogen) atoms. The van der Waals surface area contributed by atoms with Gasteiger partial charge in [0.1, 0.15) is 11.6 Å². The maximum Gasteiger partial charge on any atom is 0.265 e. The minimum Gasteiger partial charge on any atom is -0.378 e. The number of aromatic nitrogens is 1. The first-order chi connectivity index (χ1) is 17.4. The summed E-state index contributed by atoms with van der Waals surface area (Å²) < 4.78 is 80.1. The van der Waals surface area contributed by atoms with E-state index < -0.39 is 45.1 Å². The highest BCUT2D eigenvalue weighted by Gasteiger charge is 2.21. The second kappa shape index (κ2) is 9.92. The van der Waals surface area contributed by atoms with Gasteiger partial charge in [0.25, 0.3) is 12.0 Å². The molecule has 0 unspecified atom stereocenters. The molecule has 4 rings (SSSR count). The Morgan fingerprint density at radius 3 is 2.41 bits per heavy atom. The van der Waals surface area contributed by atoms with E-state index in [0.29, 0.717) is 22.2 Å². The normalized spacial score (nSPS) is 14.9. The lowest BCUT2D eigenvalue weighted by Crippen LogP contribution is -2.21. The van der Waals surface area contributed by atoms with Crippen molar-refractivity contribution in [2.24, 2.45) is 17.0 Å². The number of fused-ring (bicyclic) bond motifs is 1. The average Bonchev–Trinajstić information content (AvgIpc) is 3.08. The first kappa shape index (κ1) is 26.3. The number of alkyl halides is 2. The minimum absolute atomic E-state index is 0.0318. The average molecular weight is 535 g/mol. The van der Waals surface area contributed by atoms with Crippen LogP contribution in [0.15, 0.2) is 57.4 Å². The number of amidine groups is 1. The Kier molecular flexibility index (Phi) is 7.05. The highest BCUT2D eigenvalue weighted by Crippen LogP contribution is 2.33. The Balaban J connectivity index is 1.86. The fourth-order valence-electron chi connectivity index (χ4n) is 4.13. The van der Waals surface area contributed by atoms with Gasteiger partial charge in [-0.3, -0.25) is 4.79 Å². The summed E-state index contributed by atoms with van der Waals surface area (Å²) in [4.78, 5) is 21.0. The Bertz CT molecular complexity index is 1660. The second-order valence-electron chi connectivity index (χ2n) is 8.60. The maximum absolute atomic E-state index is 14.6. The topological polar surface area (TPSA) is 92.9 Å². The number of anilines is 1. The molecule has 1 aliphatic rings. The van der Waals surface area contributed by atoms with Gasteiger partial charge in [-0.1, -0.05) is 0 Å². The summed E-state index contributed by atoms with van der Waals surface area (Å²) in [6.45, 7) is 1.60. The second-order valence-corrected chi connectivity index (χ2v) is 10.5. The molecule has 0 saturated carbocycles. The minimum atomic E-state index is -3.66. The highest BCUT2D eigenvalue weighted by molar-refractivity contribution is 8.05. The van der Waals surface area contributed by atoms with Crippen LogP contribution in [0, 0.1) is 11.6 Å². The molecule has 7 nitrogen and oxygen atoms in total. The molecule has 2 aromatic carbocycles. The summed E-state index contributed by atoms with van der Waals surface area (Å²) in [5.74, 6) is -1.52. The number of halogens is 4. The molecule has 1 atom stereocenters.